The predicted octanol–water partition coefficient (Wildman–Crippen LogP) is 4.94. The molecule has 2 heterocycles. The molecule has 2 aliphatic heterocycles. The Labute approximate surface area is 223 Å². The van der Waals surface area contributed by atoms with Crippen LogP contribution in [0.15, 0.2) is 54.9 Å². The third kappa shape index (κ3) is 5.42. The summed E-state index contributed by atoms with van der Waals surface area (Å²) < 4.78 is 52.2. The van der Waals surface area contributed by atoms with Crippen LogP contribution in [0.4, 0.5) is 14.5 Å². The summed E-state index contributed by atoms with van der Waals surface area (Å²) in [5.74, 6) is -2.70. The second kappa shape index (κ2) is 11.4. The Morgan fingerprint density at radius 2 is 1.49 bits per heavy atom. The number of phenols is 2. The molecule has 0 saturated carbocycles. The van der Waals surface area contributed by atoms with Gasteiger partial charge in [-0.3, -0.25) is 0 Å². The molecule has 39 heavy (non-hydrogen) atoms. The minimum atomic E-state index is -0.861. The number of halogens is 2. The van der Waals surface area contributed by atoms with E-state index in [1.165, 1.54) is 7.11 Å². The second-order valence-electron chi connectivity index (χ2n) is 8.81. The fraction of sp³-hybridized carbons (Fsp3) is 0.286. The molecule has 0 atom stereocenters. The van der Waals surface area contributed by atoms with Crippen molar-refractivity contribution in [3.05, 3.63) is 83.3 Å². The van der Waals surface area contributed by atoms with Gasteiger partial charge >= 0.3 is 0 Å². The lowest BCUT2D eigenvalue weighted by Gasteiger charge is -2.31. The highest BCUT2D eigenvalue weighted by Crippen LogP contribution is 2.51. The van der Waals surface area contributed by atoms with Crippen molar-refractivity contribution in [3.8, 4) is 28.7 Å². The van der Waals surface area contributed by atoms with Gasteiger partial charge in [-0.25, -0.2) is 8.78 Å². The minimum Gasteiger partial charge on any atom is -0.505 e. The molecule has 0 fully saturated rings. The van der Waals surface area contributed by atoms with Crippen LogP contribution in [0, 0.1) is 11.6 Å². The largest absolute Gasteiger partial charge is 0.505 e. The first-order valence-electron chi connectivity index (χ1n) is 12.2. The number of phenolic OH excluding ortho intramolecular Hbond substituents is 2. The lowest BCUT2D eigenvalue weighted by molar-refractivity contribution is -0.238. The molecule has 0 aliphatic carbocycles. The zero-order valence-electron chi connectivity index (χ0n) is 21.1. The van der Waals surface area contributed by atoms with Gasteiger partial charge in [0.2, 0.25) is 5.88 Å². The van der Waals surface area contributed by atoms with Crippen LogP contribution in [0.3, 0.4) is 0 Å². The van der Waals surface area contributed by atoms with Crippen molar-refractivity contribution in [3.63, 3.8) is 0 Å². The van der Waals surface area contributed by atoms with Crippen molar-refractivity contribution >= 4 is 5.69 Å². The second-order valence-corrected chi connectivity index (χ2v) is 8.81. The summed E-state index contributed by atoms with van der Waals surface area (Å²) in [4.78, 5) is 11.8. The number of hydrogen-bond donors (Lipinski definition) is 2. The number of hydrogen-bond acceptors (Lipinski definition) is 9. The fourth-order valence-electron chi connectivity index (χ4n) is 4.65. The van der Waals surface area contributed by atoms with Crippen LogP contribution in [0.1, 0.15) is 22.6 Å². The molecule has 0 bridgehead atoms. The summed E-state index contributed by atoms with van der Waals surface area (Å²) in [6.07, 6.45) is 0. The monoisotopic (exact) mass is 543 g/mol. The summed E-state index contributed by atoms with van der Waals surface area (Å²) in [6, 6.07) is 9.87. The fourth-order valence-corrected chi connectivity index (χ4v) is 4.65. The summed E-state index contributed by atoms with van der Waals surface area (Å²) >= 11 is 0. The third-order valence-corrected chi connectivity index (χ3v) is 6.40. The summed E-state index contributed by atoms with van der Waals surface area (Å²) in [5.41, 5.74) is 1.85. The Balaban J connectivity index is 1.67. The van der Waals surface area contributed by atoms with Crippen molar-refractivity contribution in [2.24, 2.45) is 0 Å². The molecule has 0 radical (unpaired) electrons. The van der Waals surface area contributed by atoms with Gasteiger partial charge in [-0.05, 0) is 36.4 Å². The van der Waals surface area contributed by atoms with Crippen LogP contribution in [-0.4, -0.2) is 56.9 Å². The summed E-state index contributed by atoms with van der Waals surface area (Å²) in [5, 5.41) is 20.0. The van der Waals surface area contributed by atoms with E-state index in [1.54, 1.807) is 23.1 Å². The molecule has 3 aromatic carbocycles. The first kappa shape index (κ1) is 26.5. The highest BCUT2D eigenvalue weighted by molar-refractivity contribution is 5.67. The Bertz CT molecular complexity index is 1320. The Morgan fingerprint density at radius 1 is 0.872 bits per heavy atom. The number of rotatable bonds is 4. The van der Waals surface area contributed by atoms with Crippen molar-refractivity contribution in [2.45, 2.75) is 5.92 Å². The van der Waals surface area contributed by atoms with Crippen molar-refractivity contribution in [1.29, 1.82) is 0 Å². The van der Waals surface area contributed by atoms with Gasteiger partial charge < -0.3 is 38.9 Å². The Hall–Kier alpha value is -4.06. The van der Waals surface area contributed by atoms with Gasteiger partial charge in [0.25, 0.3) is 0 Å². The lowest BCUT2D eigenvalue weighted by atomic mass is 9.82. The van der Waals surface area contributed by atoms with E-state index < -0.39 is 29.1 Å². The van der Waals surface area contributed by atoms with Gasteiger partial charge in [-0.2, -0.15) is 4.89 Å². The van der Waals surface area contributed by atoms with Gasteiger partial charge in [0.1, 0.15) is 23.9 Å². The molecule has 2 N–H and O–H groups in total. The molecule has 0 aromatic heterocycles. The molecule has 0 amide bonds. The van der Waals surface area contributed by atoms with Crippen molar-refractivity contribution < 1.29 is 47.7 Å². The molecule has 0 saturated heterocycles. The summed E-state index contributed by atoms with van der Waals surface area (Å²) in [7, 11) is 1.35. The Morgan fingerprint density at radius 3 is 2.13 bits per heavy atom. The number of ether oxygens (including phenoxy) is 4. The quantitative estimate of drug-likeness (QED) is 0.211. The van der Waals surface area contributed by atoms with Crippen LogP contribution < -0.4 is 14.4 Å². The minimum absolute atomic E-state index is 0.163. The van der Waals surface area contributed by atoms with E-state index in [0.717, 1.165) is 24.3 Å². The van der Waals surface area contributed by atoms with Gasteiger partial charge in [-0.1, -0.05) is 6.07 Å². The molecule has 2 aliphatic rings. The molecular weight excluding hydrogens is 516 g/mol. The molecular formula is C28H27F2NO8. The van der Waals surface area contributed by atoms with E-state index in [0.29, 0.717) is 61.1 Å². The molecule has 0 unspecified atom stereocenters. The Kier molecular flexibility index (Phi) is 7.73. The van der Waals surface area contributed by atoms with Gasteiger partial charge in [0.05, 0.1) is 39.2 Å². The zero-order valence-corrected chi connectivity index (χ0v) is 21.1. The van der Waals surface area contributed by atoms with Crippen LogP contribution in [-0.2, 0) is 19.2 Å². The first-order valence-corrected chi connectivity index (χ1v) is 12.2. The maximum Gasteiger partial charge on any atom is 0.230 e. The van der Waals surface area contributed by atoms with E-state index in [-0.39, 0.29) is 24.0 Å². The highest BCUT2D eigenvalue weighted by Gasteiger charge is 2.33. The van der Waals surface area contributed by atoms with Crippen LogP contribution in [0.25, 0.3) is 0 Å². The smallest absolute Gasteiger partial charge is 0.230 e. The van der Waals surface area contributed by atoms with E-state index >= 15 is 0 Å². The van der Waals surface area contributed by atoms with E-state index in [1.807, 2.05) is 0 Å². The van der Waals surface area contributed by atoms with Crippen LogP contribution >= 0.6 is 0 Å². The standard InChI is InChI=1S/C28H27F2NO8/c1-16(39-34-2)31-5-6-35-7-8-36-9-10-37-25-4-3-17(11-22(25)31)28-18-12-20(29)23(32)14-26(18)38-27-15-24(33)21(30)13-19(27)28/h3-4,11-15,28,32-33H,1,5-10H2,2H3. The van der Waals surface area contributed by atoms with E-state index in [9.17, 15) is 19.0 Å². The molecule has 0 spiro atoms. The molecule has 11 heteroatoms. The number of nitrogens with zero attached hydrogens (tertiary/aromatic N) is 1. The van der Waals surface area contributed by atoms with Gasteiger partial charge in [-0.15, -0.1) is 0 Å². The first-order chi connectivity index (χ1) is 18.9. The average molecular weight is 544 g/mol. The van der Waals surface area contributed by atoms with Crippen LogP contribution in [0.5, 0.6) is 28.7 Å². The molecule has 5 rings (SSSR count). The van der Waals surface area contributed by atoms with Gasteiger partial charge in [0.15, 0.2) is 23.1 Å². The predicted molar refractivity (Wildman–Crippen MR) is 135 cm³/mol. The molecule has 9 nitrogen and oxygen atoms in total. The maximum absolute atomic E-state index is 14.6. The lowest BCUT2D eigenvalue weighted by Crippen LogP contribution is -2.29. The molecule has 3 aromatic rings. The van der Waals surface area contributed by atoms with Crippen LogP contribution in [0.2, 0.25) is 0 Å². The summed E-state index contributed by atoms with van der Waals surface area (Å²) in [6.45, 7) is 5.99. The normalized spacial score (nSPS) is 15.9. The SMILES string of the molecule is C=C(OOC)N1CCOCCOCCOc2ccc(C3c4cc(F)c(O)cc4Oc4cc(O)c(F)cc43)cc21. The van der Waals surface area contributed by atoms with E-state index in [2.05, 4.69) is 6.58 Å². The number of fused-ring (bicyclic) bond motifs is 3. The van der Waals surface area contributed by atoms with Crippen molar-refractivity contribution in [2.75, 3.05) is 51.6 Å². The van der Waals surface area contributed by atoms with E-state index in [4.69, 9.17) is 28.7 Å². The molecule has 206 valence electrons. The number of benzene rings is 3. The highest BCUT2D eigenvalue weighted by atomic mass is 19.1. The zero-order chi connectivity index (χ0) is 27.5. The average Bonchev–Trinajstić information content (AvgIpc) is 2.90. The maximum atomic E-state index is 14.6. The number of anilines is 1. The number of aromatic hydroxyl groups is 2. The van der Waals surface area contributed by atoms with Crippen molar-refractivity contribution in [1.82, 2.24) is 0 Å². The third-order valence-electron chi connectivity index (χ3n) is 6.40. The topological polar surface area (TPSA) is 99.1 Å². The van der Waals surface area contributed by atoms with Gasteiger partial charge in [0, 0.05) is 35.7 Å².